The molecule has 0 bridgehead atoms. The lowest BCUT2D eigenvalue weighted by Gasteiger charge is -2.33. The Morgan fingerprint density at radius 2 is 2.11 bits per heavy atom. The fraction of sp³-hybridized carbons (Fsp3) is 0.533. The molecule has 1 saturated heterocycles. The third kappa shape index (κ3) is 2.97. The Morgan fingerprint density at radius 3 is 2.67 bits per heavy atom. The van der Waals surface area contributed by atoms with E-state index >= 15 is 0 Å². The molecule has 0 aliphatic carbocycles. The highest BCUT2D eigenvalue weighted by Crippen LogP contribution is 2.28. The molecule has 1 aliphatic heterocycles. The van der Waals surface area contributed by atoms with E-state index < -0.39 is 0 Å². The lowest BCUT2D eigenvalue weighted by molar-refractivity contribution is 0.378. The van der Waals surface area contributed by atoms with Gasteiger partial charge in [-0.3, -0.25) is 0 Å². The van der Waals surface area contributed by atoms with Gasteiger partial charge in [0.2, 0.25) is 0 Å². The number of benzene rings is 1. The molecule has 18 heavy (non-hydrogen) atoms. The third-order valence-corrected chi connectivity index (χ3v) is 4.06. The van der Waals surface area contributed by atoms with Crippen molar-refractivity contribution in [2.24, 2.45) is 5.92 Å². The number of hydrogen-bond acceptors (Lipinski definition) is 2. The first-order valence-corrected chi connectivity index (χ1v) is 7.07. The maximum atomic E-state index is 8.87. The van der Waals surface area contributed by atoms with Gasteiger partial charge in [0.15, 0.2) is 0 Å². The summed E-state index contributed by atoms with van der Waals surface area (Å²) in [7, 11) is 0. The van der Waals surface area contributed by atoms with Gasteiger partial charge < -0.3 is 4.90 Å². The summed E-state index contributed by atoms with van der Waals surface area (Å²) in [6, 6.07) is 7.84. The fourth-order valence-electron chi connectivity index (χ4n) is 2.68. The summed E-state index contributed by atoms with van der Waals surface area (Å²) in [5.74, 6) is 0.889. The number of anilines is 1. The van der Waals surface area contributed by atoms with Crippen LogP contribution in [-0.4, -0.2) is 13.1 Å². The number of halogens is 1. The number of hydrogen-bond donors (Lipinski definition) is 0. The standard InChI is InChI=1S/C15H19ClN2/c1-2-3-12-6-8-18(9-7-12)14-5-4-13(11-17)15(16)10-14/h4-5,10,12H,2-3,6-9H2,1H3. The van der Waals surface area contributed by atoms with E-state index in [-0.39, 0.29) is 0 Å². The largest absolute Gasteiger partial charge is 0.371 e. The second-order valence-electron chi connectivity index (χ2n) is 5.00. The van der Waals surface area contributed by atoms with Gasteiger partial charge in [0.05, 0.1) is 10.6 Å². The van der Waals surface area contributed by atoms with Crippen molar-refractivity contribution in [2.45, 2.75) is 32.6 Å². The van der Waals surface area contributed by atoms with Crippen molar-refractivity contribution < 1.29 is 0 Å². The van der Waals surface area contributed by atoms with E-state index in [4.69, 9.17) is 16.9 Å². The average molecular weight is 263 g/mol. The molecule has 0 N–H and O–H groups in total. The van der Waals surface area contributed by atoms with Gasteiger partial charge in [-0.05, 0) is 37.0 Å². The van der Waals surface area contributed by atoms with Gasteiger partial charge in [0.1, 0.15) is 6.07 Å². The minimum absolute atomic E-state index is 0.557. The Hall–Kier alpha value is -1.20. The van der Waals surface area contributed by atoms with Crippen LogP contribution in [0.3, 0.4) is 0 Å². The van der Waals surface area contributed by atoms with E-state index in [2.05, 4.69) is 17.9 Å². The maximum Gasteiger partial charge on any atom is 0.101 e. The zero-order chi connectivity index (χ0) is 13.0. The monoisotopic (exact) mass is 262 g/mol. The fourth-order valence-corrected chi connectivity index (χ4v) is 2.90. The molecule has 0 radical (unpaired) electrons. The molecule has 1 heterocycles. The summed E-state index contributed by atoms with van der Waals surface area (Å²) in [4.78, 5) is 2.37. The first kappa shape index (κ1) is 13.2. The smallest absolute Gasteiger partial charge is 0.101 e. The van der Waals surface area contributed by atoms with Crippen molar-refractivity contribution >= 4 is 17.3 Å². The van der Waals surface area contributed by atoms with Gasteiger partial charge in [-0.1, -0.05) is 31.4 Å². The lowest BCUT2D eigenvalue weighted by atomic mass is 9.92. The van der Waals surface area contributed by atoms with E-state index in [1.165, 1.54) is 25.7 Å². The van der Waals surface area contributed by atoms with Crippen molar-refractivity contribution in [1.82, 2.24) is 0 Å². The molecule has 1 aliphatic rings. The molecule has 0 spiro atoms. The van der Waals surface area contributed by atoms with Crippen molar-refractivity contribution in [1.29, 1.82) is 5.26 Å². The van der Waals surface area contributed by atoms with Gasteiger partial charge in [-0.25, -0.2) is 0 Å². The van der Waals surface area contributed by atoms with Crippen molar-refractivity contribution in [3.05, 3.63) is 28.8 Å². The lowest BCUT2D eigenvalue weighted by Crippen LogP contribution is -2.33. The molecule has 2 nitrogen and oxygen atoms in total. The molecule has 2 rings (SSSR count). The van der Waals surface area contributed by atoms with Gasteiger partial charge in [-0.15, -0.1) is 0 Å². The quantitative estimate of drug-likeness (QED) is 0.815. The highest BCUT2D eigenvalue weighted by Gasteiger charge is 2.19. The Labute approximate surface area is 114 Å². The molecule has 1 aromatic rings. The van der Waals surface area contributed by atoms with E-state index in [9.17, 15) is 0 Å². The minimum Gasteiger partial charge on any atom is -0.371 e. The molecule has 3 heteroatoms. The molecule has 0 aromatic heterocycles. The highest BCUT2D eigenvalue weighted by molar-refractivity contribution is 6.32. The van der Waals surface area contributed by atoms with Gasteiger partial charge in [-0.2, -0.15) is 5.26 Å². The summed E-state index contributed by atoms with van der Waals surface area (Å²) in [6.07, 6.45) is 5.17. The SMILES string of the molecule is CCCC1CCN(c2ccc(C#N)c(Cl)c2)CC1. The van der Waals surface area contributed by atoms with E-state index in [1.54, 1.807) is 0 Å². The molecule has 0 unspecified atom stereocenters. The predicted molar refractivity (Wildman–Crippen MR) is 76.0 cm³/mol. The van der Waals surface area contributed by atoms with Crippen LogP contribution < -0.4 is 4.90 Å². The summed E-state index contributed by atoms with van der Waals surface area (Å²) >= 11 is 6.08. The van der Waals surface area contributed by atoms with Crippen LogP contribution in [0.2, 0.25) is 5.02 Å². The number of nitrogens with zero attached hydrogens (tertiary/aromatic N) is 2. The summed E-state index contributed by atoms with van der Waals surface area (Å²) in [5.41, 5.74) is 1.70. The van der Waals surface area contributed by atoms with E-state index in [0.717, 1.165) is 24.7 Å². The third-order valence-electron chi connectivity index (χ3n) is 3.75. The van der Waals surface area contributed by atoms with Crippen LogP contribution >= 0.6 is 11.6 Å². The summed E-state index contributed by atoms with van der Waals surface area (Å²) in [6.45, 7) is 4.46. The number of rotatable bonds is 3. The highest BCUT2D eigenvalue weighted by atomic mass is 35.5. The van der Waals surface area contributed by atoms with Crippen LogP contribution in [0.4, 0.5) is 5.69 Å². The molecule has 0 atom stereocenters. The van der Waals surface area contributed by atoms with E-state index in [0.29, 0.717) is 10.6 Å². The van der Waals surface area contributed by atoms with Crippen LogP contribution in [-0.2, 0) is 0 Å². The van der Waals surface area contributed by atoms with Gasteiger partial charge in [0.25, 0.3) is 0 Å². The first-order chi connectivity index (χ1) is 8.74. The number of nitriles is 1. The van der Waals surface area contributed by atoms with Crippen molar-refractivity contribution in [3.8, 4) is 6.07 Å². The topological polar surface area (TPSA) is 27.0 Å². The van der Waals surface area contributed by atoms with E-state index in [1.807, 2.05) is 18.2 Å². The van der Waals surface area contributed by atoms with Crippen LogP contribution in [0.1, 0.15) is 38.2 Å². The van der Waals surface area contributed by atoms with Crippen LogP contribution in [0, 0.1) is 17.2 Å². The Bertz CT molecular complexity index is 442. The average Bonchev–Trinajstić information content (AvgIpc) is 2.40. The molecule has 1 fully saturated rings. The van der Waals surface area contributed by atoms with Crippen LogP contribution in [0.25, 0.3) is 0 Å². The van der Waals surface area contributed by atoms with Crippen molar-refractivity contribution in [3.63, 3.8) is 0 Å². The zero-order valence-corrected chi connectivity index (χ0v) is 11.6. The van der Waals surface area contributed by atoms with Gasteiger partial charge in [0, 0.05) is 18.8 Å². The maximum absolute atomic E-state index is 8.87. The van der Waals surface area contributed by atoms with Crippen LogP contribution in [0.15, 0.2) is 18.2 Å². The normalized spacial score (nSPS) is 16.6. The summed E-state index contributed by atoms with van der Waals surface area (Å²) in [5, 5.41) is 9.43. The number of piperidine rings is 1. The molecule has 1 aromatic carbocycles. The predicted octanol–water partition coefficient (Wildman–Crippen LogP) is 4.23. The Balaban J connectivity index is 2.02. The second-order valence-corrected chi connectivity index (χ2v) is 5.40. The summed E-state index contributed by atoms with van der Waals surface area (Å²) < 4.78 is 0. The Kier molecular flexibility index (Phi) is 4.49. The molecule has 96 valence electrons. The van der Waals surface area contributed by atoms with Gasteiger partial charge >= 0.3 is 0 Å². The zero-order valence-electron chi connectivity index (χ0n) is 10.8. The second kappa shape index (κ2) is 6.11. The van der Waals surface area contributed by atoms with Crippen molar-refractivity contribution in [2.75, 3.05) is 18.0 Å². The molecule has 0 saturated carbocycles. The first-order valence-electron chi connectivity index (χ1n) is 6.69. The minimum atomic E-state index is 0.557. The molecular formula is C15H19ClN2. The molecule has 0 amide bonds. The van der Waals surface area contributed by atoms with Crippen LogP contribution in [0.5, 0.6) is 0 Å². The molecular weight excluding hydrogens is 244 g/mol. The Morgan fingerprint density at radius 1 is 1.39 bits per heavy atom.